The Labute approximate surface area is 96.3 Å². The smallest absolute Gasteiger partial charge is 0.144 e. The highest BCUT2D eigenvalue weighted by Gasteiger charge is 2.10. The van der Waals surface area contributed by atoms with Gasteiger partial charge in [-0.3, -0.25) is 0 Å². The summed E-state index contributed by atoms with van der Waals surface area (Å²) in [7, 11) is 1.67. The molecular formula is C12H17N3O. The Balaban J connectivity index is 2.86. The van der Waals surface area contributed by atoms with Gasteiger partial charge in [0.25, 0.3) is 0 Å². The molecule has 1 heterocycles. The number of pyridine rings is 1. The average Bonchev–Trinajstić information content (AvgIpc) is 2.29. The van der Waals surface area contributed by atoms with Gasteiger partial charge >= 0.3 is 0 Å². The molecule has 0 fully saturated rings. The summed E-state index contributed by atoms with van der Waals surface area (Å²) in [6.45, 7) is 4.58. The van der Waals surface area contributed by atoms with Gasteiger partial charge in [-0.25, -0.2) is 4.98 Å². The summed E-state index contributed by atoms with van der Waals surface area (Å²) in [5.74, 6) is 0.645. The number of nitrogens with one attached hydrogen (secondary N) is 1. The number of hydrogen-bond acceptors (Lipinski definition) is 4. The van der Waals surface area contributed by atoms with Crippen LogP contribution >= 0.6 is 0 Å². The molecule has 1 aromatic rings. The molecule has 0 bridgehead atoms. The Morgan fingerprint density at radius 1 is 1.56 bits per heavy atom. The number of nitriles is 1. The van der Waals surface area contributed by atoms with Gasteiger partial charge in [-0.15, -0.1) is 0 Å². The summed E-state index contributed by atoms with van der Waals surface area (Å²) < 4.78 is 5.10. The fourth-order valence-corrected chi connectivity index (χ4v) is 1.41. The van der Waals surface area contributed by atoms with Crippen molar-refractivity contribution in [1.29, 1.82) is 5.26 Å². The molecule has 1 unspecified atom stereocenters. The summed E-state index contributed by atoms with van der Waals surface area (Å²) in [5.41, 5.74) is 1.47. The minimum Gasteiger partial charge on any atom is -0.383 e. The molecule has 1 N–H and O–H groups in total. The molecule has 0 saturated heterocycles. The van der Waals surface area contributed by atoms with E-state index in [1.165, 1.54) is 0 Å². The molecule has 0 aliphatic heterocycles. The van der Waals surface area contributed by atoms with Gasteiger partial charge in [0.1, 0.15) is 11.9 Å². The van der Waals surface area contributed by atoms with Crippen LogP contribution in [0.2, 0.25) is 0 Å². The zero-order chi connectivity index (χ0) is 12.0. The van der Waals surface area contributed by atoms with Gasteiger partial charge in [0.2, 0.25) is 0 Å². The van der Waals surface area contributed by atoms with Gasteiger partial charge in [0, 0.05) is 12.8 Å². The quantitative estimate of drug-likeness (QED) is 0.824. The summed E-state index contributed by atoms with van der Waals surface area (Å²) >= 11 is 0. The SMILES string of the molecule is CCC(COC)Nc1nc(C)ccc1C#N. The number of aryl methyl sites for hydroxylation is 1. The number of methoxy groups -OCH3 is 1. The van der Waals surface area contributed by atoms with Crippen LogP contribution < -0.4 is 5.32 Å². The van der Waals surface area contributed by atoms with E-state index in [9.17, 15) is 0 Å². The third-order valence-corrected chi connectivity index (χ3v) is 2.36. The monoisotopic (exact) mass is 219 g/mol. The highest BCUT2D eigenvalue weighted by atomic mass is 16.5. The molecule has 0 aromatic carbocycles. The Morgan fingerprint density at radius 2 is 2.31 bits per heavy atom. The predicted octanol–water partition coefficient (Wildman–Crippen LogP) is 2.10. The fraction of sp³-hybridized carbons (Fsp3) is 0.500. The maximum Gasteiger partial charge on any atom is 0.144 e. The number of nitrogens with zero attached hydrogens (tertiary/aromatic N) is 2. The number of ether oxygens (including phenoxy) is 1. The molecule has 0 aliphatic rings. The van der Waals surface area contributed by atoms with Crippen molar-refractivity contribution in [3.05, 3.63) is 23.4 Å². The highest BCUT2D eigenvalue weighted by molar-refractivity contribution is 5.52. The molecule has 0 spiro atoms. The Hall–Kier alpha value is -1.60. The molecule has 1 aromatic heterocycles. The standard InChI is InChI=1S/C12H17N3O/c1-4-11(8-16-3)15-12-10(7-13)6-5-9(2)14-12/h5-6,11H,4,8H2,1-3H3,(H,14,15). The zero-order valence-electron chi connectivity index (χ0n) is 9.95. The normalized spacial score (nSPS) is 11.9. The molecular weight excluding hydrogens is 202 g/mol. The number of rotatable bonds is 5. The topological polar surface area (TPSA) is 57.9 Å². The van der Waals surface area contributed by atoms with Crippen LogP contribution in [-0.4, -0.2) is 24.7 Å². The van der Waals surface area contributed by atoms with E-state index in [1.54, 1.807) is 13.2 Å². The van der Waals surface area contributed by atoms with Crippen LogP contribution in [0, 0.1) is 18.3 Å². The van der Waals surface area contributed by atoms with Gasteiger partial charge in [0.15, 0.2) is 0 Å². The van der Waals surface area contributed by atoms with E-state index < -0.39 is 0 Å². The lowest BCUT2D eigenvalue weighted by molar-refractivity contribution is 0.184. The maximum atomic E-state index is 8.96. The first-order chi connectivity index (χ1) is 7.71. The van der Waals surface area contributed by atoms with Crippen molar-refractivity contribution in [2.45, 2.75) is 26.3 Å². The third-order valence-electron chi connectivity index (χ3n) is 2.36. The summed E-state index contributed by atoms with van der Waals surface area (Å²) in [5, 5.41) is 12.2. The summed E-state index contributed by atoms with van der Waals surface area (Å²) in [6, 6.07) is 5.93. The number of hydrogen-bond donors (Lipinski definition) is 1. The van der Waals surface area contributed by atoms with Crippen LogP contribution in [0.4, 0.5) is 5.82 Å². The lowest BCUT2D eigenvalue weighted by Gasteiger charge is -2.17. The van der Waals surface area contributed by atoms with Crippen LogP contribution in [0.5, 0.6) is 0 Å². The van der Waals surface area contributed by atoms with Crippen molar-refractivity contribution >= 4 is 5.82 Å². The molecule has 16 heavy (non-hydrogen) atoms. The van der Waals surface area contributed by atoms with Crippen molar-refractivity contribution in [3.8, 4) is 6.07 Å². The van der Waals surface area contributed by atoms with E-state index >= 15 is 0 Å². The second kappa shape index (κ2) is 6.09. The second-order valence-corrected chi connectivity index (χ2v) is 3.67. The van der Waals surface area contributed by atoms with E-state index in [0.29, 0.717) is 18.0 Å². The van der Waals surface area contributed by atoms with Crippen LogP contribution in [0.3, 0.4) is 0 Å². The molecule has 0 amide bonds. The minimum absolute atomic E-state index is 0.186. The van der Waals surface area contributed by atoms with Gasteiger partial charge < -0.3 is 10.1 Å². The van der Waals surface area contributed by atoms with Crippen LogP contribution in [-0.2, 0) is 4.74 Å². The summed E-state index contributed by atoms with van der Waals surface area (Å²) in [6.07, 6.45) is 0.925. The molecule has 0 saturated carbocycles. The van der Waals surface area contributed by atoms with Crippen LogP contribution in [0.15, 0.2) is 12.1 Å². The zero-order valence-corrected chi connectivity index (χ0v) is 9.95. The number of anilines is 1. The molecule has 1 rings (SSSR count). The van der Waals surface area contributed by atoms with E-state index in [4.69, 9.17) is 10.00 Å². The first-order valence-corrected chi connectivity index (χ1v) is 5.34. The van der Waals surface area contributed by atoms with Crippen molar-refractivity contribution in [3.63, 3.8) is 0 Å². The fourth-order valence-electron chi connectivity index (χ4n) is 1.41. The first kappa shape index (κ1) is 12.5. The van der Waals surface area contributed by atoms with E-state index in [2.05, 4.69) is 23.3 Å². The van der Waals surface area contributed by atoms with Crippen LogP contribution in [0.25, 0.3) is 0 Å². The lowest BCUT2D eigenvalue weighted by atomic mass is 10.2. The Morgan fingerprint density at radius 3 is 2.88 bits per heavy atom. The minimum atomic E-state index is 0.186. The van der Waals surface area contributed by atoms with Gasteiger partial charge in [0.05, 0.1) is 18.2 Å². The van der Waals surface area contributed by atoms with Gasteiger partial charge in [-0.05, 0) is 25.5 Å². The molecule has 4 heteroatoms. The van der Waals surface area contributed by atoms with Crippen molar-refractivity contribution in [2.75, 3.05) is 19.0 Å². The van der Waals surface area contributed by atoms with E-state index in [1.807, 2.05) is 13.0 Å². The third kappa shape index (κ3) is 3.21. The van der Waals surface area contributed by atoms with E-state index in [0.717, 1.165) is 12.1 Å². The Bertz CT molecular complexity index is 384. The van der Waals surface area contributed by atoms with Crippen molar-refractivity contribution < 1.29 is 4.74 Å². The summed E-state index contributed by atoms with van der Waals surface area (Å²) in [4.78, 5) is 4.32. The van der Waals surface area contributed by atoms with Crippen molar-refractivity contribution in [2.24, 2.45) is 0 Å². The molecule has 4 nitrogen and oxygen atoms in total. The molecule has 1 atom stereocenters. The largest absolute Gasteiger partial charge is 0.383 e. The highest BCUT2D eigenvalue weighted by Crippen LogP contribution is 2.14. The molecule has 0 radical (unpaired) electrons. The first-order valence-electron chi connectivity index (χ1n) is 5.34. The van der Waals surface area contributed by atoms with Crippen LogP contribution in [0.1, 0.15) is 24.6 Å². The molecule has 0 aliphatic carbocycles. The molecule has 86 valence electrons. The predicted molar refractivity (Wildman–Crippen MR) is 63.3 cm³/mol. The second-order valence-electron chi connectivity index (χ2n) is 3.67. The van der Waals surface area contributed by atoms with Crippen molar-refractivity contribution in [1.82, 2.24) is 4.98 Å². The number of aromatic nitrogens is 1. The maximum absolute atomic E-state index is 8.96. The average molecular weight is 219 g/mol. The van der Waals surface area contributed by atoms with Gasteiger partial charge in [-0.2, -0.15) is 5.26 Å². The lowest BCUT2D eigenvalue weighted by Crippen LogP contribution is -2.25. The van der Waals surface area contributed by atoms with Gasteiger partial charge in [-0.1, -0.05) is 6.92 Å². The Kier molecular flexibility index (Phi) is 4.74. The van der Waals surface area contributed by atoms with E-state index in [-0.39, 0.29) is 6.04 Å².